The monoisotopic (exact) mass is 160 g/mol. The molecule has 11 heavy (non-hydrogen) atoms. The van der Waals surface area contributed by atoms with Gasteiger partial charge in [0.2, 0.25) is 0 Å². The van der Waals surface area contributed by atoms with E-state index in [0.29, 0.717) is 11.1 Å². The summed E-state index contributed by atoms with van der Waals surface area (Å²) in [4.78, 5) is 21.7. The van der Waals surface area contributed by atoms with E-state index in [1.807, 2.05) is 0 Å². The number of ether oxygens (including phenoxy) is 1. The Balaban J connectivity index is -0.0000000800. The van der Waals surface area contributed by atoms with Crippen LogP contribution in [0.4, 0.5) is 0 Å². The summed E-state index contributed by atoms with van der Waals surface area (Å²) < 4.78 is 4.35. The maximum atomic E-state index is 10.8. The van der Waals surface area contributed by atoms with E-state index in [4.69, 9.17) is 0 Å². The lowest BCUT2D eigenvalue weighted by Crippen LogP contribution is -1.96. The van der Waals surface area contributed by atoms with Crippen molar-refractivity contribution in [2.45, 2.75) is 0 Å². The van der Waals surface area contributed by atoms with Crippen molar-refractivity contribution in [1.29, 1.82) is 0 Å². The maximum absolute atomic E-state index is 10.8. The van der Waals surface area contributed by atoms with E-state index in [1.165, 1.54) is 0 Å². The van der Waals surface area contributed by atoms with Gasteiger partial charge in [0.05, 0.1) is 11.1 Å². The molecule has 0 aliphatic carbocycles. The van der Waals surface area contributed by atoms with E-state index >= 15 is 0 Å². The average molecular weight is 160 g/mol. The summed E-state index contributed by atoms with van der Waals surface area (Å²) in [5, 5.41) is 0. The van der Waals surface area contributed by atoms with Crippen molar-refractivity contribution >= 4 is 11.9 Å². The zero-order valence-electron chi connectivity index (χ0n) is 5.53. The summed E-state index contributed by atoms with van der Waals surface area (Å²) in [5.41, 5.74) is 0.718. The molecule has 0 radical (unpaired) electrons. The zero-order valence-corrected chi connectivity index (χ0v) is 5.53. The van der Waals surface area contributed by atoms with Gasteiger partial charge in [-0.3, -0.25) is 0 Å². The number of hydrogen-bond acceptors (Lipinski definition) is 3. The Bertz CT molecular complexity index is 324. The Kier molecular flexibility index (Phi) is 1.06. The number of hydrogen-bond donors (Lipinski definition) is 0. The molecule has 1 aliphatic heterocycles. The van der Waals surface area contributed by atoms with Crippen LogP contribution in [0.2, 0.25) is 0 Å². The average Bonchev–Trinajstić information content (AvgIpc) is 2.30. The van der Waals surface area contributed by atoms with Gasteiger partial charge in [-0.05, 0) is 12.1 Å². The van der Waals surface area contributed by atoms with Crippen LogP contribution in [0.3, 0.4) is 0 Å². The largest absolute Gasteiger partial charge is 0.386 e. The summed E-state index contributed by atoms with van der Waals surface area (Å²) in [5.74, 6) is -1.10. The Hall–Kier alpha value is -1.64. The molecule has 1 heterocycles. The topological polar surface area (TPSA) is 43.4 Å². The fourth-order valence-electron chi connectivity index (χ4n) is 1.03. The molecule has 3 nitrogen and oxygen atoms in total. The van der Waals surface area contributed by atoms with Gasteiger partial charge in [0.1, 0.15) is 0 Å². The Morgan fingerprint density at radius 3 is 1.91 bits per heavy atom. The molecule has 0 fully saturated rings. The van der Waals surface area contributed by atoms with Crippen molar-refractivity contribution in [3.05, 3.63) is 35.4 Å². The lowest BCUT2D eigenvalue weighted by atomic mass is 10.1. The van der Waals surface area contributed by atoms with Crippen LogP contribution in [0.25, 0.3) is 0 Å². The molecule has 0 spiro atoms. The summed E-state index contributed by atoms with van der Waals surface area (Å²) in [6.07, 6.45) is 0. The lowest BCUT2D eigenvalue weighted by molar-refractivity contribution is 0.0444. The standard InChI is InChI=1S/C8H4O3.6H2/c9-7-5-3-1-2-4-6(5)8(10)11-7;;;;;;/h1-4H;6*1H. The van der Waals surface area contributed by atoms with Crippen molar-refractivity contribution in [3.63, 3.8) is 0 Å². The normalized spacial score (nSPS) is 14.5. The predicted molar refractivity (Wildman–Crippen MR) is 48.9 cm³/mol. The van der Waals surface area contributed by atoms with Crippen molar-refractivity contribution in [1.82, 2.24) is 0 Å². The molecule has 1 aliphatic rings. The fourth-order valence-corrected chi connectivity index (χ4v) is 1.03. The zero-order chi connectivity index (χ0) is 7.84. The molecule has 2 rings (SSSR count). The number of esters is 2. The molecule has 0 N–H and O–H groups in total. The second-order valence-electron chi connectivity index (χ2n) is 2.22. The molecular weight excluding hydrogens is 144 g/mol. The summed E-state index contributed by atoms with van der Waals surface area (Å²) in [7, 11) is 0. The third-order valence-corrected chi connectivity index (χ3v) is 1.55. The van der Waals surface area contributed by atoms with Crippen molar-refractivity contribution in [2.75, 3.05) is 0 Å². The first-order valence-electron chi connectivity index (χ1n) is 3.14. The third kappa shape index (κ3) is 0.741. The van der Waals surface area contributed by atoms with Gasteiger partial charge in [0, 0.05) is 8.56 Å². The molecule has 0 amide bonds. The minimum Gasteiger partial charge on any atom is -0.386 e. The van der Waals surface area contributed by atoms with Crippen LogP contribution in [0, 0.1) is 0 Å². The maximum Gasteiger partial charge on any atom is 0.346 e. The van der Waals surface area contributed by atoms with Crippen molar-refractivity contribution in [3.8, 4) is 0 Å². The smallest absolute Gasteiger partial charge is 0.346 e. The van der Waals surface area contributed by atoms with E-state index in [9.17, 15) is 9.59 Å². The van der Waals surface area contributed by atoms with E-state index in [0.717, 1.165) is 0 Å². The number of carbonyl (C=O) groups excluding carboxylic acids is 2. The molecule has 0 aromatic heterocycles. The second kappa shape index (κ2) is 1.92. The summed E-state index contributed by atoms with van der Waals surface area (Å²) >= 11 is 0. The number of cyclic esters (lactones) is 2. The van der Waals surface area contributed by atoms with Gasteiger partial charge in [0.25, 0.3) is 0 Å². The first-order valence-corrected chi connectivity index (χ1v) is 3.14. The first kappa shape index (κ1) is 6.09. The van der Waals surface area contributed by atoms with E-state index in [1.54, 1.807) is 24.3 Å². The highest BCUT2D eigenvalue weighted by atomic mass is 16.6. The van der Waals surface area contributed by atoms with Crippen molar-refractivity contribution < 1.29 is 22.9 Å². The minimum atomic E-state index is -0.550. The van der Waals surface area contributed by atoms with Gasteiger partial charge in [0.15, 0.2) is 0 Å². The molecule has 1 aromatic rings. The Morgan fingerprint density at radius 2 is 1.45 bits per heavy atom. The van der Waals surface area contributed by atoms with Crippen LogP contribution in [-0.4, -0.2) is 11.9 Å². The number of fused-ring (bicyclic) bond motifs is 1. The number of rotatable bonds is 0. The molecule has 0 saturated heterocycles. The molecule has 3 heteroatoms. The molecule has 0 bridgehead atoms. The van der Waals surface area contributed by atoms with Crippen LogP contribution >= 0.6 is 0 Å². The highest BCUT2D eigenvalue weighted by Gasteiger charge is 2.28. The quantitative estimate of drug-likeness (QED) is 0.432. The van der Waals surface area contributed by atoms with Crippen LogP contribution in [-0.2, 0) is 4.74 Å². The molecule has 0 saturated carbocycles. The van der Waals surface area contributed by atoms with Gasteiger partial charge < -0.3 is 4.74 Å². The molecule has 0 atom stereocenters. The molecule has 1 aromatic carbocycles. The summed E-state index contributed by atoms with van der Waals surface area (Å²) in [6, 6.07) is 6.53. The first-order chi connectivity index (χ1) is 5.29. The van der Waals surface area contributed by atoms with Gasteiger partial charge in [-0.25, -0.2) is 9.59 Å². The van der Waals surface area contributed by atoms with E-state index in [-0.39, 0.29) is 8.56 Å². The SMILES string of the molecule is O=C1OC(=O)c2ccccc21.[HH].[HH].[HH].[HH].[HH].[HH]. The van der Waals surface area contributed by atoms with E-state index < -0.39 is 11.9 Å². The summed E-state index contributed by atoms with van der Waals surface area (Å²) in [6.45, 7) is 0. The highest BCUT2D eigenvalue weighted by molar-refractivity contribution is 6.14. The van der Waals surface area contributed by atoms with Crippen molar-refractivity contribution in [2.24, 2.45) is 0 Å². The van der Waals surface area contributed by atoms with Gasteiger partial charge in [-0.15, -0.1) is 0 Å². The van der Waals surface area contributed by atoms with Crippen LogP contribution < -0.4 is 0 Å². The number of carbonyl (C=O) groups is 2. The lowest BCUT2D eigenvalue weighted by Gasteiger charge is -1.86. The van der Waals surface area contributed by atoms with E-state index in [2.05, 4.69) is 4.74 Å². The van der Waals surface area contributed by atoms with Gasteiger partial charge >= 0.3 is 11.9 Å². The minimum absolute atomic E-state index is 0. The van der Waals surface area contributed by atoms with Gasteiger partial charge in [-0.1, -0.05) is 12.1 Å². The second-order valence-corrected chi connectivity index (χ2v) is 2.22. The predicted octanol–water partition coefficient (Wildman–Crippen LogP) is 2.47. The van der Waals surface area contributed by atoms with Crippen LogP contribution in [0.1, 0.15) is 29.3 Å². The molecule has 66 valence electrons. The molecular formula is C8H16O3. The molecule has 0 unspecified atom stereocenters. The third-order valence-electron chi connectivity index (χ3n) is 1.55. The van der Waals surface area contributed by atoms with Crippen LogP contribution in [0.5, 0.6) is 0 Å². The van der Waals surface area contributed by atoms with Crippen LogP contribution in [0.15, 0.2) is 24.3 Å². The highest BCUT2D eigenvalue weighted by Crippen LogP contribution is 2.18. The van der Waals surface area contributed by atoms with Gasteiger partial charge in [-0.2, -0.15) is 0 Å². The number of benzene rings is 1. The fraction of sp³-hybridized carbons (Fsp3) is 0. The Morgan fingerprint density at radius 1 is 1.00 bits per heavy atom. The Labute approximate surface area is 71.5 Å².